The van der Waals surface area contributed by atoms with E-state index in [0.29, 0.717) is 23.2 Å². The first-order valence-electron chi connectivity index (χ1n) is 9.08. The SMILES string of the molecule is COc1cccc(CSC2=NS(=O)(=O)c3ccccc3N2Cc2ccccc2)c1. The quantitative estimate of drug-likeness (QED) is 0.595. The summed E-state index contributed by atoms with van der Waals surface area (Å²) in [5, 5.41) is 0.468. The van der Waals surface area contributed by atoms with E-state index in [1.807, 2.05) is 71.6 Å². The van der Waals surface area contributed by atoms with E-state index in [9.17, 15) is 8.42 Å². The minimum Gasteiger partial charge on any atom is -0.497 e. The van der Waals surface area contributed by atoms with Gasteiger partial charge in [0, 0.05) is 5.75 Å². The third-order valence-corrected chi connectivity index (χ3v) is 7.03. The number of amidine groups is 1. The maximum absolute atomic E-state index is 12.7. The molecule has 0 aromatic heterocycles. The van der Waals surface area contributed by atoms with Crippen molar-refractivity contribution in [3.8, 4) is 5.75 Å². The predicted molar refractivity (Wildman–Crippen MR) is 118 cm³/mol. The summed E-state index contributed by atoms with van der Waals surface area (Å²) in [6.45, 7) is 0.539. The number of nitrogens with zero attached hydrogens (tertiary/aromatic N) is 2. The molecule has 3 aromatic carbocycles. The lowest BCUT2D eigenvalue weighted by Gasteiger charge is -2.30. The summed E-state index contributed by atoms with van der Waals surface area (Å²) < 4.78 is 34.9. The first kappa shape index (κ1) is 19.5. The lowest BCUT2D eigenvalue weighted by Crippen LogP contribution is -2.33. The van der Waals surface area contributed by atoms with Crippen LogP contribution < -0.4 is 9.64 Å². The van der Waals surface area contributed by atoms with Crippen molar-refractivity contribution < 1.29 is 13.2 Å². The van der Waals surface area contributed by atoms with Crippen molar-refractivity contribution in [2.75, 3.05) is 12.0 Å². The van der Waals surface area contributed by atoms with Gasteiger partial charge >= 0.3 is 0 Å². The molecule has 7 heteroatoms. The molecule has 1 heterocycles. The van der Waals surface area contributed by atoms with E-state index in [1.165, 1.54) is 11.8 Å². The maximum atomic E-state index is 12.7. The second-order valence-electron chi connectivity index (χ2n) is 6.53. The van der Waals surface area contributed by atoms with E-state index < -0.39 is 10.0 Å². The number of anilines is 1. The Bertz CT molecular complexity index is 1150. The molecular weight excluding hydrogens is 404 g/mol. The zero-order valence-electron chi connectivity index (χ0n) is 15.9. The summed E-state index contributed by atoms with van der Waals surface area (Å²) in [7, 11) is -2.11. The molecule has 0 aliphatic carbocycles. The second-order valence-corrected chi connectivity index (χ2v) is 9.04. The number of rotatable bonds is 5. The smallest absolute Gasteiger partial charge is 0.286 e. The predicted octanol–water partition coefficient (Wildman–Crippen LogP) is 4.69. The molecule has 0 unspecified atom stereocenters. The fourth-order valence-corrected chi connectivity index (χ4v) is 5.53. The highest BCUT2D eigenvalue weighted by Gasteiger charge is 2.30. The Labute approximate surface area is 175 Å². The van der Waals surface area contributed by atoms with E-state index >= 15 is 0 Å². The highest BCUT2D eigenvalue weighted by Crippen LogP contribution is 2.36. The molecule has 0 saturated carbocycles. The zero-order valence-corrected chi connectivity index (χ0v) is 17.5. The van der Waals surface area contributed by atoms with Crippen molar-refractivity contribution in [1.29, 1.82) is 0 Å². The molecule has 0 saturated heterocycles. The van der Waals surface area contributed by atoms with Gasteiger partial charge in [0.25, 0.3) is 10.0 Å². The molecule has 0 radical (unpaired) electrons. The van der Waals surface area contributed by atoms with Crippen LogP contribution in [0.15, 0.2) is 88.2 Å². The van der Waals surface area contributed by atoms with Crippen molar-refractivity contribution in [2.24, 2.45) is 4.40 Å². The number of fused-ring (bicyclic) bond motifs is 1. The number of ether oxygens (including phenoxy) is 1. The van der Waals surface area contributed by atoms with Crippen molar-refractivity contribution in [3.05, 3.63) is 90.0 Å². The van der Waals surface area contributed by atoms with Gasteiger partial charge in [-0.15, -0.1) is 4.40 Å². The molecule has 4 rings (SSSR count). The summed E-state index contributed by atoms with van der Waals surface area (Å²) >= 11 is 1.40. The Morgan fingerprint density at radius 3 is 2.45 bits per heavy atom. The third kappa shape index (κ3) is 4.31. The van der Waals surface area contributed by atoms with Crippen molar-refractivity contribution in [2.45, 2.75) is 17.2 Å². The van der Waals surface area contributed by atoms with Crippen LogP contribution in [0.25, 0.3) is 0 Å². The molecule has 0 bridgehead atoms. The molecule has 0 N–H and O–H groups in total. The number of benzene rings is 3. The van der Waals surface area contributed by atoms with Crippen LogP contribution in [0.1, 0.15) is 11.1 Å². The minimum absolute atomic E-state index is 0.238. The first-order chi connectivity index (χ1) is 14.1. The van der Waals surface area contributed by atoms with Gasteiger partial charge in [-0.25, -0.2) is 0 Å². The lowest BCUT2D eigenvalue weighted by atomic mass is 10.2. The summed E-state index contributed by atoms with van der Waals surface area (Å²) in [6.07, 6.45) is 0. The highest BCUT2D eigenvalue weighted by molar-refractivity contribution is 8.14. The fourth-order valence-electron chi connectivity index (χ4n) is 3.14. The molecule has 1 aliphatic heterocycles. The lowest BCUT2D eigenvalue weighted by molar-refractivity contribution is 0.414. The molecule has 5 nitrogen and oxygen atoms in total. The van der Waals surface area contributed by atoms with Gasteiger partial charge in [-0.05, 0) is 35.4 Å². The molecule has 0 atom stereocenters. The molecule has 29 heavy (non-hydrogen) atoms. The zero-order chi connectivity index (χ0) is 20.3. The van der Waals surface area contributed by atoms with Gasteiger partial charge in [0.1, 0.15) is 10.6 Å². The second kappa shape index (κ2) is 8.31. The Morgan fingerprint density at radius 2 is 1.66 bits per heavy atom. The average molecular weight is 425 g/mol. The van der Waals surface area contributed by atoms with Crippen LogP contribution in [0.4, 0.5) is 5.69 Å². The molecule has 3 aromatic rings. The topological polar surface area (TPSA) is 59.0 Å². The number of sulfonamides is 1. The van der Waals surface area contributed by atoms with Crippen LogP contribution in [-0.4, -0.2) is 20.7 Å². The third-order valence-electron chi connectivity index (χ3n) is 4.55. The molecule has 0 amide bonds. The number of para-hydroxylation sites is 1. The van der Waals surface area contributed by atoms with Crippen LogP contribution in [0.5, 0.6) is 5.75 Å². The van der Waals surface area contributed by atoms with Crippen LogP contribution >= 0.6 is 11.8 Å². The van der Waals surface area contributed by atoms with E-state index in [4.69, 9.17) is 4.74 Å². The van der Waals surface area contributed by atoms with Crippen LogP contribution in [0.2, 0.25) is 0 Å². The van der Waals surface area contributed by atoms with E-state index in [2.05, 4.69) is 4.40 Å². The maximum Gasteiger partial charge on any atom is 0.286 e. The Balaban J connectivity index is 1.68. The Hall–Kier alpha value is -2.77. The highest BCUT2D eigenvalue weighted by atomic mass is 32.2. The summed E-state index contributed by atoms with van der Waals surface area (Å²) in [6, 6.07) is 24.7. The van der Waals surface area contributed by atoms with E-state index in [0.717, 1.165) is 16.9 Å². The molecular formula is C22H20N2O3S2. The first-order valence-corrected chi connectivity index (χ1v) is 11.5. The Kier molecular flexibility index (Phi) is 5.60. The number of methoxy groups -OCH3 is 1. The van der Waals surface area contributed by atoms with Crippen LogP contribution in [0.3, 0.4) is 0 Å². The van der Waals surface area contributed by atoms with Gasteiger partial charge in [0.15, 0.2) is 5.17 Å². The molecule has 0 fully saturated rings. The largest absolute Gasteiger partial charge is 0.497 e. The van der Waals surface area contributed by atoms with Crippen LogP contribution in [0, 0.1) is 0 Å². The fraction of sp³-hybridized carbons (Fsp3) is 0.136. The van der Waals surface area contributed by atoms with Gasteiger partial charge in [0.05, 0.1) is 19.3 Å². The Morgan fingerprint density at radius 1 is 0.931 bits per heavy atom. The number of hydrogen-bond donors (Lipinski definition) is 0. The van der Waals surface area contributed by atoms with E-state index in [-0.39, 0.29) is 4.90 Å². The monoisotopic (exact) mass is 424 g/mol. The minimum atomic E-state index is -3.73. The molecule has 0 spiro atoms. The molecule has 148 valence electrons. The summed E-state index contributed by atoms with van der Waals surface area (Å²) in [5.41, 5.74) is 2.77. The standard InChI is InChI=1S/C22H20N2O3S2/c1-27-19-11-7-10-18(14-19)16-28-22-23-29(25,26)21-13-6-5-12-20(21)24(22)15-17-8-3-2-4-9-17/h2-14H,15-16H2,1H3. The van der Waals surface area contributed by atoms with E-state index in [1.54, 1.807) is 19.2 Å². The van der Waals surface area contributed by atoms with Crippen molar-refractivity contribution in [3.63, 3.8) is 0 Å². The van der Waals surface area contributed by atoms with Gasteiger partial charge in [0.2, 0.25) is 0 Å². The number of thioether (sulfide) groups is 1. The normalized spacial score (nSPS) is 14.8. The van der Waals surface area contributed by atoms with Crippen molar-refractivity contribution in [1.82, 2.24) is 0 Å². The summed E-state index contributed by atoms with van der Waals surface area (Å²) in [4.78, 5) is 2.21. The number of hydrogen-bond acceptors (Lipinski definition) is 5. The van der Waals surface area contributed by atoms with Gasteiger partial charge < -0.3 is 9.64 Å². The van der Waals surface area contributed by atoms with Gasteiger partial charge in [-0.2, -0.15) is 8.42 Å². The van der Waals surface area contributed by atoms with Crippen LogP contribution in [-0.2, 0) is 22.3 Å². The average Bonchev–Trinajstić information content (AvgIpc) is 2.75. The van der Waals surface area contributed by atoms with Gasteiger partial charge in [-0.3, -0.25) is 0 Å². The summed E-state index contributed by atoms with van der Waals surface area (Å²) in [5.74, 6) is 1.35. The van der Waals surface area contributed by atoms with Crippen molar-refractivity contribution >= 4 is 32.6 Å². The van der Waals surface area contributed by atoms with Gasteiger partial charge in [-0.1, -0.05) is 66.4 Å². The molecule has 1 aliphatic rings.